The molecule has 2 aliphatic carbocycles. The van der Waals surface area contributed by atoms with Gasteiger partial charge in [-0.15, -0.1) is 0 Å². The van der Waals surface area contributed by atoms with E-state index < -0.39 is 42.0 Å². The molecule has 3 unspecified atom stereocenters. The summed E-state index contributed by atoms with van der Waals surface area (Å²) >= 11 is 0. The second-order valence-corrected chi connectivity index (χ2v) is 8.74. The second-order valence-electron chi connectivity index (χ2n) is 8.74. The summed E-state index contributed by atoms with van der Waals surface area (Å²) in [5.41, 5.74) is -3.59. The number of rotatable bonds is 8. The summed E-state index contributed by atoms with van der Waals surface area (Å²) in [5, 5.41) is 0. The molecule has 0 amide bonds. The highest BCUT2D eigenvalue weighted by Crippen LogP contribution is 2.50. The van der Waals surface area contributed by atoms with Gasteiger partial charge in [-0.25, -0.2) is 13.2 Å². The molecule has 0 bridgehead atoms. The SMILES string of the molecule is CCCCC[C@H]1CC[C@H](C2(F)C(F)C=C(C(F)(F)Oc3ccccc3)CC2F)CC1. The van der Waals surface area contributed by atoms with Gasteiger partial charge in [0.05, 0.1) is 0 Å². The Morgan fingerprint density at radius 2 is 1.70 bits per heavy atom. The zero-order chi connectivity index (χ0) is 21.8. The Labute approximate surface area is 175 Å². The van der Waals surface area contributed by atoms with Crippen LogP contribution in [0.5, 0.6) is 5.75 Å². The van der Waals surface area contributed by atoms with Gasteiger partial charge in [0, 0.05) is 12.0 Å². The van der Waals surface area contributed by atoms with Crippen LogP contribution in [0.4, 0.5) is 22.0 Å². The molecular formula is C24H31F5O. The summed E-state index contributed by atoms with van der Waals surface area (Å²) in [6.45, 7) is 2.13. The Morgan fingerprint density at radius 3 is 2.30 bits per heavy atom. The Morgan fingerprint density at radius 1 is 1.03 bits per heavy atom. The minimum Gasteiger partial charge on any atom is -0.429 e. The fourth-order valence-corrected chi connectivity index (χ4v) is 4.87. The molecule has 2 aliphatic rings. The van der Waals surface area contributed by atoms with Gasteiger partial charge in [0.25, 0.3) is 0 Å². The van der Waals surface area contributed by atoms with E-state index in [-0.39, 0.29) is 5.75 Å². The summed E-state index contributed by atoms with van der Waals surface area (Å²) in [6.07, 6.45) is -2.22. The predicted octanol–water partition coefficient (Wildman–Crippen LogP) is 7.76. The van der Waals surface area contributed by atoms with Crippen molar-refractivity contribution < 1.29 is 26.7 Å². The van der Waals surface area contributed by atoms with Crippen LogP contribution in [0.25, 0.3) is 0 Å². The van der Waals surface area contributed by atoms with Gasteiger partial charge in [-0.2, -0.15) is 8.78 Å². The van der Waals surface area contributed by atoms with E-state index in [0.29, 0.717) is 24.8 Å². The van der Waals surface area contributed by atoms with Crippen LogP contribution in [-0.2, 0) is 0 Å². The number of halogens is 5. The van der Waals surface area contributed by atoms with Crippen molar-refractivity contribution in [3.8, 4) is 5.75 Å². The molecule has 1 nitrogen and oxygen atoms in total. The van der Waals surface area contributed by atoms with Gasteiger partial charge in [0.1, 0.15) is 11.9 Å². The normalized spacial score (nSPS) is 32.5. The second kappa shape index (κ2) is 9.69. The van der Waals surface area contributed by atoms with E-state index >= 15 is 4.39 Å². The van der Waals surface area contributed by atoms with Crippen LogP contribution in [0.1, 0.15) is 64.7 Å². The Balaban J connectivity index is 1.66. The third kappa shape index (κ3) is 5.00. The fraction of sp³-hybridized carbons (Fsp3) is 0.667. The molecule has 1 saturated carbocycles. The zero-order valence-electron chi connectivity index (χ0n) is 17.4. The number of hydrogen-bond acceptors (Lipinski definition) is 1. The highest BCUT2D eigenvalue weighted by molar-refractivity contribution is 5.28. The first kappa shape index (κ1) is 23.1. The van der Waals surface area contributed by atoms with Gasteiger partial charge >= 0.3 is 6.11 Å². The fourth-order valence-electron chi connectivity index (χ4n) is 4.87. The minimum atomic E-state index is -3.89. The van der Waals surface area contributed by atoms with Crippen LogP contribution < -0.4 is 4.74 Å². The van der Waals surface area contributed by atoms with Crippen LogP contribution in [0, 0.1) is 11.8 Å². The van der Waals surface area contributed by atoms with Crippen LogP contribution in [0.15, 0.2) is 42.0 Å². The molecule has 1 aromatic rings. The monoisotopic (exact) mass is 430 g/mol. The summed E-state index contributed by atoms with van der Waals surface area (Å²) in [5.74, 6) is -0.440. The van der Waals surface area contributed by atoms with E-state index in [4.69, 9.17) is 0 Å². The van der Waals surface area contributed by atoms with Crippen molar-refractivity contribution in [1.82, 2.24) is 0 Å². The maximum atomic E-state index is 15.6. The molecule has 0 spiro atoms. The van der Waals surface area contributed by atoms with Gasteiger partial charge in [0.2, 0.25) is 0 Å². The quantitative estimate of drug-likeness (QED) is 0.233. The number of hydrogen-bond donors (Lipinski definition) is 0. The highest BCUT2D eigenvalue weighted by Gasteiger charge is 2.58. The topological polar surface area (TPSA) is 9.23 Å². The lowest BCUT2D eigenvalue weighted by atomic mass is 9.67. The van der Waals surface area contributed by atoms with Crippen molar-refractivity contribution in [1.29, 1.82) is 0 Å². The average Bonchev–Trinajstić information content (AvgIpc) is 2.72. The van der Waals surface area contributed by atoms with Crippen molar-refractivity contribution >= 4 is 0 Å². The number of ether oxygens (including phenoxy) is 1. The molecule has 0 N–H and O–H groups in total. The van der Waals surface area contributed by atoms with Crippen molar-refractivity contribution in [2.45, 2.75) is 88.8 Å². The first-order chi connectivity index (χ1) is 14.3. The summed E-state index contributed by atoms with van der Waals surface area (Å²) in [7, 11) is 0. The molecule has 3 atom stereocenters. The van der Waals surface area contributed by atoms with Gasteiger partial charge in [0.15, 0.2) is 11.8 Å². The average molecular weight is 431 g/mol. The molecule has 3 rings (SSSR count). The largest absolute Gasteiger partial charge is 0.429 e. The predicted molar refractivity (Wildman–Crippen MR) is 108 cm³/mol. The van der Waals surface area contributed by atoms with Crippen molar-refractivity contribution in [3.05, 3.63) is 42.0 Å². The zero-order valence-corrected chi connectivity index (χ0v) is 17.4. The van der Waals surface area contributed by atoms with Crippen LogP contribution in [0.3, 0.4) is 0 Å². The first-order valence-electron chi connectivity index (χ1n) is 11.1. The van der Waals surface area contributed by atoms with Crippen LogP contribution in [-0.4, -0.2) is 24.1 Å². The molecule has 168 valence electrons. The Hall–Kier alpha value is -1.59. The number of unbranched alkanes of at least 4 members (excludes halogenated alkanes) is 2. The van der Waals surface area contributed by atoms with E-state index in [1.54, 1.807) is 6.07 Å². The minimum absolute atomic E-state index is 0.118. The maximum absolute atomic E-state index is 15.6. The van der Waals surface area contributed by atoms with E-state index in [9.17, 15) is 17.6 Å². The van der Waals surface area contributed by atoms with E-state index in [0.717, 1.165) is 38.5 Å². The lowest BCUT2D eigenvalue weighted by molar-refractivity contribution is -0.155. The van der Waals surface area contributed by atoms with Crippen LogP contribution >= 0.6 is 0 Å². The number of allylic oxidation sites excluding steroid dienone is 1. The summed E-state index contributed by atoms with van der Waals surface area (Å²) in [4.78, 5) is 0. The maximum Gasteiger partial charge on any atom is 0.422 e. The molecule has 0 heterocycles. The van der Waals surface area contributed by atoms with Gasteiger partial charge in [-0.1, -0.05) is 63.6 Å². The van der Waals surface area contributed by atoms with Gasteiger partial charge in [-0.05, 0) is 42.9 Å². The third-order valence-electron chi connectivity index (χ3n) is 6.70. The van der Waals surface area contributed by atoms with E-state index in [1.165, 1.54) is 24.3 Å². The molecule has 1 aromatic carbocycles. The summed E-state index contributed by atoms with van der Waals surface area (Å²) in [6, 6.07) is 7.32. The highest BCUT2D eigenvalue weighted by atomic mass is 19.3. The number of benzene rings is 1. The molecule has 0 radical (unpaired) electrons. The molecule has 1 fully saturated rings. The lowest BCUT2D eigenvalue weighted by Gasteiger charge is -2.44. The van der Waals surface area contributed by atoms with Crippen LogP contribution in [0.2, 0.25) is 0 Å². The van der Waals surface area contributed by atoms with Crippen molar-refractivity contribution in [3.63, 3.8) is 0 Å². The molecular weight excluding hydrogens is 399 g/mol. The van der Waals surface area contributed by atoms with E-state index in [2.05, 4.69) is 11.7 Å². The first-order valence-corrected chi connectivity index (χ1v) is 11.1. The molecule has 0 aromatic heterocycles. The number of para-hydroxylation sites is 1. The lowest BCUT2D eigenvalue weighted by Crippen LogP contribution is -2.54. The van der Waals surface area contributed by atoms with Gasteiger partial charge in [-0.3, -0.25) is 0 Å². The smallest absolute Gasteiger partial charge is 0.422 e. The molecule has 30 heavy (non-hydrogen) atoms. The molecule has 6 heteroatoms. The third-order valence-corrected chi connectivity index (χ3v) is 6.70. The Kier molecular flexibility index (Phi) is 7.46. The van der Waals surface area contributed by atoms with Crippen molar-refractivity contribution in [2.24, 2.45) is 11.8 Å². The van der Waals surface area contributed by atoms with Gasteiger partial charge < -0.3 is 4.74 Å². The molecule has 0 saturated heterocycles. The van der Waals surface area contributed by atoms with E-state index in [1.807, 2.05) is 0 Å². The Bertz CT molecular complexity index is 699. The summed E-state index contributed by atoms with van der Waals surface area (Å²) < 4.78 is 79.0. The van der Waals surface area contributed by atoms with Crippen molar-refractivity contribution in [2.75, 3.05) is 0 Å². The standard InChI is InChI=1S/C24H31F5O/c1-2-3-5-8-17-11-13-18(14-12-17)23(27)21(25)15-19(16-22(23)26)24(28,29)30-20-9-6-4-7-10-20/h4,6-7,9-10,15,17-18,21-22H,2-3,5,8,11-14,16H2,1H3/t17-,18-,21?,22?,23?. The number of alkyl halides is 5. The molecule has 0 aliphatic heterocycles.